The van der Waals surface area contributed by atoms with Gasteiger partial charge in [0.25, 0.3) is 0 Å². The van der Waals surface area contributed by atoms with E-state index in [1.54, 1.807) is 11.3 Å². The van der Waals surface area contributed by atoms with E-state index in [1.807, 2.05) is 6.92 Å². The van der Waals surface area contributed by atoms with Gasteiger partial charge in [-0.15, -0.1) is 11.3 Å². The number of carbonyl (C=O) groups is 1. The van der Waals surface area contributed by atoms with E-state index in [0.29, 0.717) is 13.0 Å². The molecule has 0 aliphatic rings. The molecule has 0 spiro atoms. The Kier molecular flexibility index (Phi) is 5.56. The average Bonchev–Trinajstić information content (AvgIpc) is 2.56. The van der Waals surface area contributed by atoms with Crippen LogP contribution in [0.4, 0.5) is 0 Å². The highest BCUT2D eigenvalue weighted by Gasteiger charge is 2.27. The second kappa shape index (κ2) is 6.53. The van der Waals surface area contributed by atoms with E-state index in [1.165, 1.54) is 15.3 Å². The van der Waals surface area contributed by atoms with Crippen molar-refractivity contribution in [2.24, 2.45) is 11.1 Å². The minimum Gasteiger partial charge on any atom is -0.466 e. The van der Waals surface area contributed by atoms with E-state index < -0.39 is 0 Å². The van der Waals surface area contributed by atoms with Crippen molar-refractivity contribution >= 4 is 17.3 Å². The van der Waals surface area contributed by atoms with Crippen molar-refractivity contribution in [3.05, 3.63) is 21.4 Å². The maximum atomic E-state index is 11.6. The van der Waals surface area contributed by atoms with Gasteiger partial charge in [0.1, 0.15) is 0 Å². The molecule has 0 aromatic carbocycles. The molecule has 0 bridgehead atoms. The summed E-state index contributed by atoms with van der Waals surface area (Å²) in [6.07, 6.45) is 1.19. The maximum Gasteiger partial charge on any atom is 0.306 e. The Morgan fingerprint density at radius 2 is 2.11 bits per heavy atom. The summed E-state index contributed by atoms with van der Waals surface area (Å²) >= 11 is 1.77. The quantitative estimate of drug-likeness (QED) is 0.809. The molecule has 3 nitrogen and oxygen atoms in total. The summed E-state index contributed by atoms with van der Waals surface area (Å²) in [6, 6.07) is 2.14. The number of rotatable bonds is 6. The third-order valence-electron chi connectivity index (χ3n) is 3.18. The predicted octanol–water partition coefficient (Wildman–Crippen LogP) is 3.73. The Bertz CT molecular complexity index is 437. The van der Waals surface area contributed by atoms with Gasteiger partial charge in [-0.05, 0) is 44.2 Å². The first kappa shape index (κ1) is 16.2. The van der Waals surface area contributed by atoms with E-state index in [9.17, 15) is 4.79 Å². The first-order valence-electron chi connectivity index (χ1n) is 6.73. The van der Waals surface area contributed by atoms with Crippen molar-refractivity contribution in [2.75, 3.05) is 6.61 Å². The molecular formula is C15H25NO2S. The summed E-state index contributed by atoms with van der Waals surface area (Å²) in [5.74, 6) is -0.141. The Morgan fingerprint density at radius 3 is 2.58 bits per heavy atom. The maximum absolute atomic E-state index is 11.6. The molecule has 1 aromatic heterocycles. The monoisotopic (exact) mass is 283 g/mol. The lowest BCUT2D eigenvalue weighted by Gasteiger charge is -2.27. The van der Waals surface area contributed by atoms with Crippen molar-refractivity contribution in [1.29, 1.82) is 0 Å². The molecule has 4 heteroatoms. The molecule has 1 atom stereocenters. The van der Waals surface area contributed by atoms with Crippen LogP contribution in [0.2, 0.25) is 0 Å². The Morgan fingerprint density at radius 1 is 1.47 bits per heavy atom. The Hall–Kier alpha value is -0.870. The van der Waals surface area contributed by atoms with E-state index in [4.69, 9.17) is 10.5 Å². The van der Waals surface area contributed by atoms with E-state index in [2.05, 4.69) is 33.8 Å². The van der Waals surface area contributed by atoms with E-state index >= 15 is 0 Å². The zero-order valence-corrected chi connectivity index (χ0v) is 13.4. The van der Waals surface area contributed by atoms with Crippen molar-refractivity contribution in [1.82, 2.24) is 0 Å². The average molecular weight is 283 g/mol. The third kappa shape index (κ3) is 4.96. The minimum atomic E-state index is -0.145. The molecule has 19 heavy (non-hydrogen) atoms. The molecule has 0 aliphatic heterocycles. The lowest BCUT2D eigenvalue weighted by Crippen LogP contribution is -2.25. The van der Waals surface area contributed by atoms with Gasteiger partial charge < -0.3 is 10.5 Å². The molecule has 1 aromatic rings. The van der Waals surface area contributed by atoms with Gasteiger partial charge in [-0.2, -0.15) is 0 Å². The summed E-state index contributed by atoms with van der Waals surface area (Å²) in [6.45, 7) is 10.6. The lowest BCUT2D eigenvalue weighted by molar-refractivity contribution is -0.145. The van der Waals surface area contributed by atoms with Crippen LogP contribution in [-0.2, 0) is 9.53 Å². The summed E-state index contributed by atoms with van der Waals surface area (Å²) in [5.41, 5.74) is 7.36. The molecule has 108 valence electrons. The zero-order valence-electron chi connectivity index (χ0n) is 12.6. The van der Waals surface area contributed by atoms with Gasteiger partial charge in [0.2, 0.25) is 0 Å². The number of aryl methyl sites for hydroxylation is 2. The van der Waals surface area contributed by atoms with Crippen LogP contribution in [-0.4, -0.2) is 12.6 Å². The number of thiophene rings is 1. The molecule has 0 aliphatic carbocycles. The molecular weight excluding hydrogens is 258 g/mol. The summed E-state index contributed by atoms with van der Waals surface area (Å²) < 4.78 is 5.02. The second-order valence-electron chi connectivity index (χ2n) is 5.83. The van der Waals surface area contributed by atoms with Crippen LogP contribution < -0.4 is 5.73 Å². The number of ether oxygens (including phenoxy) is 1. The fraction of sp³-hybridized carbons (Fsp3) is 0.667. The van der Waals surface area contributed by atoms with Crippen LogP contribution in [0.15, 0.2) is 6.07 Å². The smallest absolute Gasteiger partial charge is 0.306 e. The summed E-state index contributed by atoms with van der Waals surface area (Å²) in [7, 11) is 0. The molecule has 1 unspecified atom stereocenters. The molecule has 2 N–H and O–H groups in total. The first-order chi connectivity index (χ1) is 8.75. The normalized spacial score (nSPS) is 13.4. The van der Waals surface area contributed by atoms with Crippen LogP contribution in [0.1, 0.15) is 55.0 Å². The van der Waals surface area contributed by atoms with Gasteiger partial charge in [0, 0.05) is 15.8 Å². The zero-order chi connectivity index (χ0) is 14.6. The predicted molar refractivity (Wildman–Crippen MR) is 80.4 cm³/mol. The molecule has 0 fully saturated rings. The van der Waals surface area contributed by atoms with Crippen molar-refractivity contribution < 1.29 is 9.53 Å². The van der Waals surface area contributed by atoms with Crippen LogP contribution in [0.25, 0.3) is 0 Å². The number of nitrogens with two attached hydrogens (primary N) is 1. The van der Waals surface area contributed by atoms with Gasteiger partial charge in [-0.1, -0.05) is 13.8 Å². The molecule has 0 radical (unpaired) electrons. The van der Waals surface area contributed by atoms with Crippen LogP contribution >= 0.6 is 11.3 Å². The molecule has 0 saturated carbocycles. The molecule has 1 rings (SSSR count). The Balaban J connectivity index is 2.67. The molecule has 0 saturated heterocycles. The van der Waals surface area contributed by atoms with Crippen molar-refractivity contribution in [3.8, 4) is 0 Å². The number of hydrogen-bond acceptors (Lipinski definition) is 4. The van der Waals surface area contributed by atoms with E-state index in [0.717, 1.165) is 6.42 Å². The van der Waals surface area contributed by atoms with Crippen LogP contribution in [0, 0.1) is 19.3 Å². The second-order valence-corrected chi connectivity index (χ2v) is 7.29. The number of esters is 1. The summed E-state index contributed by atoms with van der Waals surface area (Å²) in [5, 5.41) is 0. The highest BCUT2D eigenvalue weighted by atomic mass is 32.1. The van der Waals surface area contributed by atoms with Gasteiger partial charge in [-0.25, -0.2) is 0 Å². The summed E-state index contributed by atoms with van der Waals surface area (Å²) in [4.78, 5) is 14.1. The highest BCUT2D eigenvalue weighted by molar-refractivity contribution is 7.12. The van der Waals surface area contributed by atoms with Crippen molar-refractivity contribution in [2.45, 2.75) is 53.5 Å². The molecule has 0 amide bonds. The molecule has 1 heterocycles. The van der Waals surface area contributed by atoms with E-state index in [-0.39, 0.29) is 17.4 Å². The van der Waals surface area contributed by atoms with Crippen LogP contribution in [0.3, 0.4) is 0 Å². The SMILES string of the molecule is CCOC(=O)CC(C)(C)CC(N)c1cc(C)sc1C. The van der Waals surface area contributed by atoms with Gasteiger partial charge in [0.05, 0.1) is 13.0 Å². The van der Waals surface area contributed by atoms with Gasteiger partial charge in [-0.3, -0.25) is 4.79 Å². The minimum absolute atomic E-state index is 0.0191. The highest BCUT2D eigenvalue weighted by Crippen LogP contribution is 2.35. The van der Waals surface area contributed by atoms with Crippen LogP contribution in [0.5, 0.6) is 0 Å². The fourth-order valence-electron chi connectivity index (χ4n) is 2.40. The van der Waals surface area contributed by atoms with Gasteiger partial charge in [0.15, 0.2) is 0 Å². The standard InChI is InChI=1S/C15H25NO2S/c1-6-18-14(17)9-15(4,5)8-13(16)12-7-10(2)19-11(12)3/h7,13H,6,8-9,16H2,1-5H3. The van der Waals surface area contributed by atoms with Crippen molar-refractivity contribution in [3.63, 3.8) is 0 Å². The largest absolute Gasteiger partial charge is 0.466 e. The fourth-order valence-corrected chi connectivity index (χ4v) is 3.40. The number of hydrogen-bond donors (Lipinski definition) is 1. The Labute approximate surface area is 120 Å². The topological polar surface area (TPSA) is 52.3 Å². The first-order valence-corrected chi connectivity index (χ1v) is 7.55. The lowest BCUT2D eigenvalue weighted by atomic mass is 9.81. The van der Waals surface area contributed by atoms with Gasteiger partial charge >= 0.3 is 5.97 Å². The number of carbonyl (C=O) groups excluding carboxylic acids is 1. The third-order valence-corrected chi connectivity index (χ3v) is 4.16.